The van der Waals surface area contributed by atoms with E-state index in [1.54, 1.807) is 17.0 Å². The highest BCUT2D eigenvalue weighted by Crippen LogP contribution is 2.46. The van der Waals surface area contributed by atoms with Crippen molar-refractivity contribution in [2.45, 2.75) is 44.8 Å². The van der Waals surface area contributed by atoms with Crippen LogP contribution in [0.2, 0.25) is 0 Å². The Labute approximate surface area is 317 Å². The number of sulfonamides is 1. The number of halogens is 1. The summed E-state index contributed by atoms with van der Waals surface area (Å²) in [5, 5.41) is 18.7. The molecule has 0 spiro atoms. The first kappa shape index (κ1) is 41.0. The van der Waals surface area contributed by atoms with Gasteiger partial charge >= 0.3 is 5.97 Å². The van der Waals surface area contributed by atoms with E-state index in [-0.39, 0.29) is 42.0 Å². The Morgan fingerprint density at radius 2 is 1.63 bits per heavy atom. The number of allylic oxidation sites excluding steroid dienone is 2. The molecule has 54 heavy (non-hydrogen) atoms. The molecule has 0 radical (unpaired) electrons. The van der Waals surface area contributed by atoms with Gasteiger partial charge in [0.05, 0.1) is 23.2 Å². The third kappa shape index (κ3) is 10.5. The molecule has 2 heterocycles. The van der Waals surface area contributed by atoms with E-state index in [0.29, 0.717) is 43.5 Å². The second-order valence-electron chi connectivity index (χ2n) is 13.9. The van der Waals surface area contributed by atoms with Gasteiger partial charge in [0, 0.05) is 60.2 Å². The Hall–Kier alpha value is -4.18. The van der Waals surface area contributed by atoms with Crippen molar-refractivity contribution < 1.29 is 41.6 Å². The summed E-state index contributed by atoms with van der Waals surface area (Å²) in [7, 11) is -6.24. The maximum absolute atomic E-state index is 13.9. The van der Waals surface area contributed by atoms with Gasteiger partial charge in [-0.1, -0.05) is 72.8 Å². The zero-order chi connectivity index (χ0) is 39.0. The van der Waals surface area contributed by atoms with Gasteiger partial charge in [-0.15, -0.1) is 0 Å². The minimum Gasteiger partial charge on any atom is -0.458 e. The van der Waals surface area contributed by atoms with E-state index in [1.165, 1.54) is 25.3 Å². The number of hydrogen-bond donors (Lipinski definition) is 4. The van der Waals surface area contributed by atoms with Crippen LogP contribution < -0.4 is 14.3 Å². The van der Waals surface area contributed by atoms with Crippen molar-refractivity contribution >= 4 is 54.4 Å². The number of amides is 1. The van der Waals surface area contributed by atoms with Gasteiger partial charge in [0.15, 0.2) is 0 Å². The first-order valence-electron chi connectivity index (χ1n) is 17.8. The van der Waals surface area contributed by atoms with Crippen molar-refractivity contribution in [2.75, 3.05) is 37.2 Å². The van der Waals surface area contributed by atoms with Crippen LogP contribution >= 0.6 is 0 Å². The van der Waals surface area contributed by atoms with Gasteiger partial charge in [0.1, 0.15) is 11.9 Å². The lowest BCUT2D eigenvalue weighted by atomic mass is 9.78. The second kappa shape index (κ2) is 18.0. The molecule has 0 aliphatic carbocycles. The normalized spacial score (nSPS) is 22.4. The molecule has 1 saturated heterocycles. The summed E-state index contributed by atoms with van der Waals surface area (Å²) >= 11 is 0. The minimum atomic E-state index is -3.58. The Balaban J connectivity index is 1.34. The number of ether oxygens (including phenoxy) is 1. The quantitative estimate of drug-likeness (QED) is 0.0921. The largest absolute Gasteiger partial charge is 0.458 e. The fourth-order valence-corrected chi connectivity index (χ4v) is 9.92. The van der Waals surface area contributed by atoms with Crippen LogP contribution in [-0.4, -0.2) is 72.0 Å². The zero-order valence-corrected chi connectivity index (χ0v) is 32.2. The molecule has 5 rings (SSSR count). The second-order valence-corrected chi connectivity index (χ2v) is 18.0. The van der Waals surface area contributed by atoms with Crippen molar-refractivity contribution in [3.05, 3.63) is 113 Å². The van der Waals surface area contributed by atoms with Crippen LogP contribution in [0.5, 0.6) is 0 Å². The maximum Gasteiger partial charge on any atom is 0.303 e. The van der Waals surface area contributed by atoms with Gasteiger partial charge in [-0.2, -0.15) is 4.72 Å². The summed E-state index contributed by atoms with van der Waals surface area (Å²) in [5.41, 5.74) is 4.06. The molecule has 2 aliphatic rings. The Morgan fingerprint density at radius 3 is 2.22 bits per heavy atom. The highest BCUT2D eigenvalue weighted by atomic mass is 32.2. The standard InChI is InChI=1S/C40H48FN3O8S2/c1-27(47)52-37(31-16-18-34(41)19-17-31)23-22-36-38(32-14-10-28(11-15-32)6-4-8-30(25-45)26-46)44(40(36)48)35-20-12-29(13-21-35)7-5-9-33-24-42-53(2,49)39(33)43-54(3,50)51/h4-7,10-21,30,33,36-38,43,45-46H,8-9,22-26H2,1-3H3,(H,42,49)/b6-4+,7-5+/t33?,36-,37+,38-,53?/m1/s1. The maximum atomic E-state index is 13.9. The third-order valence-corrected chi connectivity index (χ3v) is 12.4. The van der Waals surface area contributed by atoms with Gasteiger partial charge in [-0.25, -0.2) is 17.5 Å². The van der Waals surface area contributed by atoms with Gasteiger partial charge in [0.25, 0.3) is 0 Å². The van der Waals surface area contributed by atoms with Crippen LogP contribution in [-0.2, 0) is 34.1 Å². The van der Waals surface area contributed by atoms with Crippen LogP contribution in [0, 0.1) is 23.6 Å². The average molecular weight is 782 g/mol. The molecule has 11 nitrogen and oxygen atoms in total. The summed E-state index contributed by atoms with van der Waals surface area (Å²) in [6.45, 7) is 1.50. The number of carbonyl (C=O) groups excluding carboxylic acids is 2. The summed E-state index contributed by atoms with van der Waals surface area (Å²) in [6, 6.07) is 20.9. The molecule has 290 valence electrons. The molecular weight excluding hydrogens is 734 g/mol. The van der Waals surface area contributed by atoms with Crippen LogP contribution in [0.4, 0.5) is 10.1 Å². The first-order chi connectivity index (χ1) is 25.7. The summed E-state index contributed by atoms with van der Waals surface area (Å²) in [4.78, 5) is 27.9. The molecule has 3 aromatic carbocycles. The number of benzene rings is 3. The highest BCUT2D eigenvalue weighted by molar-refractivity contribution is 8.01. The lowest BCUT2D eigenvalue weighted by Gasteiger charge is -2.48. The lowest BCUT2D eigenvalue weighted by Crippen LogP contribution is -2.55. The van der Waals surface area contributed by atoms with Crippen molar-refractivity contribution in [1.29, 1.82) is 0 Å². The van der Waals surface area contributed by atoms with Gasteiger partial charge in [-0.3, -0.25) is 13.8 Å². The van der Waals surface area contributed by atoms with Crippen molar-refractivity contribution in [1.82, 2.24) is 9.44 Å². The van der Waals surface area contributed by atoms with Gasteiger partial charge in [-0.05, 0) is 72.2 Å². The number of anilines is 1. The smallest absolute Gasteiger partial charge is 0.303 e. The molecule has 3 aromatic rings. The van der Waals surface area contributed by atoms with Crippen molar-refractivity contribution in [2.24, 2.45) is 17.8 Å². The summed E-state index contributed by atoms with van der Waals surface area (Å²) in [6.07, 6.45) is 11.3. The number of aliphatic hydroxyl groups is 2. The molecule has 2 unspecified atom stereocenters. The molecule has 0 saturated carbocycles. The van der Waals surface area contributed by atoms with Crippen molar-refractivity contribution in [3.8, 4) is 0 Å². The SMILES string of the molecule is CC(=O)O[C@@H](CC[C@H]1C(=O)N(c2ccc(/C=C/CC3CNS(C)(=O)=C3NS(C)(=O)=O)cc2)[C@@H]1c1ccc(/C=C/CC(CO)CO)cc1)c1ccc(F)cc1. The molecule has 5 atom stereocenters. The molecule has 1 amide bonds. The Morgan fingerprint density at radius 1 is 1.02 bits per heavy atom. The fraction of sp³-hybridized carbons (Fsp3) is 0.375. The zero-order valence-electron chi connectivity index (χ0n) is 30.6. The van der Waals surface area contributed by atoms with E-state index in [9.17, 15) is 36.8 Å². The topological polar surface area (TPSA) is 162 Å². The number of aliphatic hydroxyl groups excluding tert-OH is 2. The monoisotopic (exact) mass is 781 g/mol. The molecule has 1 fully saturated rings. The van der Waals surface area contributed by atoms with E-state index in [2.05, 4.69) is 9.44 Å². The molecule has 2 aliphatic heterocycles. The minimum absolute atomic E-state index is 0.0784. The number of esters is 1. The number of β-lactam (4-membered cyclic amide) rings is 1. The summed E-state index contributed by atoms with van der Waals surface area (Å²) in [5.74, 6) is -1.87. The fourth-order valence-electron chi connectivity index (χ4n) is 6.81. The van der Waals surface area contributed by atoms with Crippen LogP contribution in [0.25, 0.3) is 12.2 Å². The van der Waals surface area contributed by atoms with E-state index in [1.807, 2.05) is 72.8 Å². The number of nitrogens with zero attached hydrogens (tertiary/aromatic N) is 1. The van der Waals surface area contributed by atoms with Gasteiger partial charge in [0.2, 0.25) is 15.9 Å². The first-order valence-corrected chi connectivity index (χ1v) is 21.6. The van der Waals surface area contributed by atoms with Crippen LogP contribution in [0.3, 0.4) is 0 Å². The number of hydrogen-bond acceptors (Lipinski definition) is 8. The van der Waals surface area contributed by atoms with E-state index in [4.69, 9.17) is 4.74 Å². The molecule has 0 aromatic heterocycles. The third-order valence-electron chi connectivity index (χ3n) is 9.66. The number of rotatable bonds is 16. The van der Waals surface area contributed by atoms with Crippen LogP contribution in [0.1, 0.15) is 67.0 Å². The highest BCUT2D eigenvalue weighted by Gasteiger charge is 2.48. The number of carbonyl (C=O) groups is 2. The lowest BCUT2D eigenvalue weighted by molar-refractivity contribution is -0.147. The summed E-state index contributed by atoms with van der Waals surface area (Å²) < 4.78 is 61.3. The van der Waals surface area contributed by atoms with E-state index >= 15 is 0 Å². The van der Waals surface area contributed by atoms with Gasteiger partial charge < -0.3 is 19.8 Å². The van der Waals surface area contributed by atoms with E-state index in [0.717, 1.165) is 22.9 Å². The molecule has 0 bridgehead atoms. The molecule has 14 heteroatoms. The van der Waals surface area contributed by atoms with Crippen molar-refractivity contribution in [3.63, 3.8) is 0 Å². The predicted octanol–water partition coefficient (Wildman–Crippen LogP) is 4.75. The predicted molar refractivity (Wildman–Crippen MR) is 210 cm³/mol. The Bertz CT molecular complexity index is 2070. The number of nitrogens with one attached hydrogen (secondary N) is 2. The average Bonchev–Trinajstić information content (AvgIpc) is 3.40. The molecular formula is C40H48FN3O8S2. The van der Waals surface area contributed by atoms with Crippen LogP contribution in [0.15, 0.2) is 84.9 Å². The molecule has 4 N–H and O–H groups in total. The van der Waals surface area contributed by atoms with E-state index < -0.39 is 43.5 Å². The Kier molecular flexibility index (Phi) is 13.6.